The molecule has 0 amide bonds. The molecule has 1 rings (SSSR count). The number of aliphatic hydroxyl groups is 2. The van der Waals surface area contributed by atoms with Crippen LogP contribution in [0.1, 0.15) is 25.0 Å². The zero-order valence-corrected chi connectivity index (χ0v) is 11.6. The minimum atomic E-state index is -1.26. The summed E-state index contributed by atoms with van der Waals surface area (Å²) in [5, 5.41) is 20.1. The first kappa shape index (κ1) is 15.8. The van der Waals surface area contributed by atoms with Crippen molar-refractivity contribution in [2.75, 3.05) is 13.7 Å². The Morgan fingerprint density at radius 3 is 2.63 bits per heavy atom. The van der Waals surface area contributed by atoms with Crippen molar-refractivity contribution in [3.8, 4) is 5.75 Å². The van der Waals surface area contributed by atoms with Crippen LogP contribution >= 0.6 is 11.6 Å². The summed E-state index contributed by atoms with van der Waals surface area (Å²) in [4.78, 5) is 11.2. The van der Waals surface area contributed by atoms with Crippen LogP contribution in [0.2, 0.25) is 5.02 Å². The molecule has 0 spiro atoms. The summed E-state index contributed by atoms with van der Waals surface area (Å²) >= 11 is 5.87. The van der Waals surface area contributed by atoms with Gasteiger partial charge in [0, 0.05) is 5.02 Å². The number of benzene rings is 1. The van der Waals surface area contributed by atoms with E-state index >= 15 is 0 Å². The maximum atomic E-state index is 11.2. The number of rotatable bonds is 6. The molecule has 0 aliphatic rings. The zero-order chi connectivity index (χ0) is 14.4. The lowest BCUT2D eigenvalue weighted by Crippen LogP contribution is -2.23. The predicted octanol–water partition coefficient (Wildman–Crippen LogP) is 1.70. The van der Waals surface area contributed by atoms with Gasteiger partial charge in [-0.05, 0) is 30.7 Å². The van der Waals surface area contributed by atoms with Crippen LogP contribution in [0.3, 0.4) is 0 Å². The Morgan fingerprint density at radius 1 is 1.37 bits per heavy atom. The summed E-state index contributed by atoms with van der Waals surface area (Å²) in [5.41, 5.74) is 0.376. The van der Waals surface area contributed by atoms with Crippen LogP contribution in [0.15, 0.2) is 18.2 Å². The molecule has 1 aromatic carbocycles. The Labute approximate surface area is 116 Å². The van der Waals surface area contributed by atoms with E-state index in [2.05, 4.69) is 0 Å². The second kappa shape index (κ2) is 7.33. The van der Waals surface area contributed by atoms with E-state index in [0.717, 1.165) is 0 Å². The Bertz CT molecular complexity index is 435. The van der Waals surface area contributed by atoms with E-state index in [-0.39, 0.29) is 13.0 Å². The molecule has 106 valence electrons. The summed E-state index contributed by atoms with van der Waals surface area (Å²) in [6, 6.07) is 4.63. The Morgan fingerprint density at radius 2 is 2.05 bits per heavy atom. The number of hydrogen-bond acceptors (Lipinski definition) is 5. The zero-order valence-electron chi connectivity index (χ0n) is 10.8. The van der Waals surface area contributed by atoms with Gasteiger partial charge in [-0.25, -0.2) is 0 Å². The fourth-order valence-corrected chi connectivity index (χ4v) is 1.83. The Hall–Kier alpha value is -1.30. The lowest BCUT2D eigenvalue weighted by Gasteiger charge is -2.18. The van der Waals surface area contributed by atoms with Gasteiger partial charge in [0.2, 0.25) is 0 Å². The van der Waals surface area contributed by atoms with Crippen molar-refractivity contribution in [3.05, 3.63) is 28.8 Å². The Kier molecular flexibility index (Phi) is 6.08. The molecule has 1 aromatic rings. The molecule has 0 heterocycles. The fourth-order valence-electron chi connectivity index (χ4n) is 1.60. The first-order valence-corrected chi connectivity index (χ1v) is 6.22. The predicted molar refractivity (Wildman–Crippen MR) is 70.2 cm³/mol. The van der Waals surface area contributed by atoms with E-state index in [1.54, 1.807) is 19.1 Å². The van der Waals surface area contributed by atoms with E-state index in [9.17, 15) is 15.0 Å². The molecular weight excluding hydrogens is 272 g/mol. The summed E-state index contributed by atoms with van der Waals surface area (Å²) in [7, 11) is 1.47. The van der Waals surface area contributed by atoms with E-state index < -0.39 is 18.2 Å². The van der Waals surface area contributed by atoms with Crippen molar-refractivity contribution in [1.82, 2.24) is 0 Å². The van der Waals surface area contributed by atoms with Gasteiger partial charge in [0.05, 0.1) is 26.2 Å². The van der Waals surface area contributed by atoms with Crippen molar-refractivity contribution >= 4 is 17.6 Å². The molecule has 0 saturated carbocycles. The molecule has 19 heavy (non-hydrogen) atoms. The van der Waals surface area contributed by atoms with E-state index in [4.69, 9.17) is 21.1 Å². The van der Waals surface area contributed by atoms with E-state index in [0.29, 0.717) is 16.3 Å². The van der Waals surface area contributed by atoms with Crippen LogP contribution in [-0.2, 0) is 9.53 Å². The molecular formula is C13H17ClO5. The average Bonchev–Trinajstić information content (AvgIpc) is 2.37. The molecule has 2 atom stereocenters. The minimum Gasteiger partial charge on any atom is -0.497 e. The first-order chi connectivity index (χ1) is 8.97. The molecule has 6 heteroatoms. The maximum Gasteiger partial charge on any atom is 0.308 e. The van der Waals surface area contributed by atoms with Gasteiger partial charge in [0.15, 0.2) is 0 Å². The fraction of sp³-hybridized carbons (Fsp3) is 0.462. The van der Waals surface area contributed by atoms with Crippen LogP contribution in [0.5, 0.6) is 5.75 Å². The highest BCUT2D eigenvalue weighted by molar-refractivity contribution is 6.30. The van der Waals surface area contributed by atoms with Crippen LogP contribution in [0, 0.1) is 0 Å². The third kappa shape index (κ3) is 4.70. The van der Waals surface area contributed by atoms with Gasteiger partial charge in [-0.3, -0.25) is 4.79 Å². The molecule has 2 N–H and O–H groups in total. The molecule has 0 aliphatic heterocycles. The largest absolute Gasteiger partial charge is 0.497 e. The van der Waals surface area contributed by atoms with Crippen molar-refractivity contribution < 1.29 is 24.5 Å². The monoisotopic (exact) mass is 288 g/mol. The van der Waals surface area contributed by atoms with E-state index in [1.807, 2.05) is 0 Å². The van der Waals surface area contributed by atoms with Gasteiger partial charge in [-0.2, -0.15) is 0 Å². The highest BCUT2D eigenvalue weighted by Gasteiger charge is 2.23. The minimum absolute atomic E-state index is 0.229. The molecule has 2 unspecified atom stereocenters. The smallest absolute Gasteiger partial charge is 0.308 e. The van der Waals surface area contributed by atoms with Gasteiger partial charge in [-0.1, -0.05) is 11.6 Å². The van der Waals surface area contributed by atoms with Gasteiger partial charge in [0.1, 0.15) is 11.9 Å². The van der Waals surface area contributed by atoms with Gasteiger partial charge in [-0.15, -0.1) is 0 Å². The lowest BCUT2D eigenvalue weighted by atomic mass is 10.0. The SMILES string of the molecule is CCOC(=O)CC(O)C(O)c1cc(Cl)cc(OC)c1. The number of esters is 1. The molecule has 0 aromatic heterocycles. The number of aliphatic hydroxyl groups excluding tert-OH is 2. The van der Waals surface area contributed by atoms with Crippen molar-refractivity contribution in [1.29, 1.82) is 0 Å². The standard InChI is InChI=1S/C13H17ClO5/c1-3-19-12(16)7-11(15)13(17)8-4-9(14)6-10(5-8)18-2/h4-6,11,13,15,17H,3,7H2,1-2H3. The van der Waals surface area contributed by atoms with Crippen molar-refractivity contribution in [3.63, 3.8) is 0 Å². The quantitative estimate of drug-likeness (QED) is 0.779. The molecule has 0 bridgehead atoms. The van der Waals surface area contributed by atoms with Crippen LogP contribution < -0.4 is 4.74 Å². The summed E-state index contributed by atoms with van der Waals surface area (Å²) < 4.78 is 9.72. The summed E-state index contributed by atoms with van der Waals surface area (Å²) in [6.45, 7) is 1.90. The summed E-state index contributed by atoms with van der Waals surface area (Å²) in [5.74, 6) is -0.104. The van der Waals surface area contributed by atoms with Crippen LogP contribution in [-0.4, -0.2) is 36.0 Å². The lowest BCUT2D eigenvalue weighted by molar-refractivity contribution is -0.147. The van der Waals surface area contributed by atoms with Crippen LogP contribution in [0.25, 0.3) is 0 Å². The van der Waals surface area contributed by atoms with Crippen molar-refractivity contribution in [2.24, 2.45) is 0 Å². The number of halogens is 1. The van der Waals surface area contributed by atoms with Crippen LogP contribution in [0.4, 0.5) is 0 Å². The van der Waals surface area contributed by atoms with E-state index in [1.165, 1.54) is 13.2 Å². The number of ether oxygens (including phenoxy) is 2. The number of carbonyl (C=O) groups is 1. The average molecular weight is 289 g/mol. The van der Waals surface area contributed by atoms with Gasteiger partial charge in [0.25, 0.3) is 0 Å². The number of hydrogen-bond donors (Lipinski definition) is 2. The third-order valence-corrected chi connectivity index (χ3v) is 2.73. The summed E-state index contributed by atoms with van der Waals surface area (Å²) in [6.07, 6.45) is -2.79. The Balaban J connectivity index is 2.78. The molecule has 0 radical (unpaired) electrons. The highest BCUT2D eigenvalue weighted by atomic mass is 35.5. The topological polar surface area (TPSA) is 76.0 Å². The molecule has 0 fully saturated rings. The van der Waals surface area contributed by atoms with Crippen molar-refractivity contribution in [2.45, 2.75) is 25.6 Å². The normalized spacial score (nSPS) is 13.7. The first-order valence-electron chi connectivity index (χ1n) is 5.84. The number of methoxy groups -OCH3 is 1. The second-order valence-electron chi connectivity index (χ2n) is 3.95. The third-order valence-electron chi connectivity index (χ3n) is 2.52. The number of carbonyl (C=O) groups excluding carboxylic acids is 1. The van der Waals surface area contributed by atoms with Gasteiger partial charge < -0.3 is 19.7 Å². The maximum absolute atomic E-state index is 11.2. The highest BCUT2D eigenvalue weighted by Crippen LogP contribution is 2.27. The molecule has 5 nitrogen and oxygen atoms in total. The molecule has 0 aliphatic carbocycles. The second-order valence-corrected chi connectivity index (χ2v) is 4.38. The van der Waals surface area contributed by atoms with Gasteiger partial charge >= 0.3 is 5.97 Å². The molecule has 0 saturated heterocycles.